The smallest absolute Gasteiger partial charge is 0.282 e. The van der Waals surface area contributed by atoms with Crippen LogP contribution in [0.2, 0.25) is 0 Å². The largest absolute Gasteiger partial charge is 0.294 e. The lowest BCUT2D eigenvalue weighted by molar-refractivity contribution is 0.482. The van der Waals surface area contributed by atoms with Crippen molar-refractivity contribution in [3.63, 3.8) is 0 Å². The monoisotopic (exact) mass is 277 g/mol. The Bertz CT molecular complexity index is 761. The molecule has 0 unspecified atom stereocenters. The second kappa shape index (κ2) is 4.80. The molecule has 6 heteroatoms. The van der Waals surface area contributed by atoms with Crippen LogP contribution in [0.15, 0.2) is 47.4 Å². The van der Waals surface area contributed by atoms with Gasteiger partial charge in [-0.3, -0.25) is 4.55 Å². The Kier molecular flexibility index (Phi) is 3.34. The van der Waals surface area contributed by atoms with E-state index in [9.17, 15) is 12.8 Å². The van der Waals surface area contributed by atoms with Crippen LogP contribution in [0.3, 0.4) is 0 Å². The molecule has 0 spiro atoms. The fraction of sp³-hybridized carbons (Fsp3) is 0. The first kappa shape index (κ1) is 13.2. The van der Waals surface area contributed by atoms with Crippen molar-refractivity contribution in [3.8, 4) is 17.2 Å². The van der Waals surface area contributed by atoms with Gasteiger partial charge in [-0.05, 0) is 29.8 Å². The normalized spacial score (nSPS) is 11.0. The van der Waals surface area contributed by atoms with Gasteiger partial charge in [-0.25, -0.2) is 4.39 Å². The average molecular weight is 277 g/mol. The summed E-state index contributed by atoms with van der Waals surface area (Å²) in [7, 11) is -4.42. The highest BCUT2D eigenvalue weighted by atomic mass is 32.2. The number of nitriles is 1. The van der Waals surface area contributed by atoms with Crippen LogP contribution in [0, 0.1) is 17.1 Å². The van der Waals surface area contributed by atoms with Gasteiger partial charge in [0.25, 0.3) is 10.1 Å². The van der Waals surface area contributed by atoms with E-state index in [2.05, 4.69) is 0 Å². The summed E-state index contributed by atoms with van der Waals surface area (Å²) in [6.45, 7) is 0. The molecule has 0 aromatic heterocycles. The summed E-state index contributed by atoms with van der Waals surface area (Å²) >= 11 is 0. The van der Waals surface area contributed by atoms with E-state index in [0.717, 1.165) is 12.1 Å². The van der Waals surface area contributed by atoms with Gasteiger partial charge in [-0.1, -0.05) is 18.2 Å². The van der Waals surface area contributed by atoms with Gasteiger partial charge in [0, 0.05) is 5.56 Å². The first-order chi connectivity index (χ1) is 8.91. The predicted octanol–water partition coefficient (Wildman–Crippen LogP) is 2.61. The predicted molar refractivity (Wildman–Crippen MR) is 66.4 cm³/mol. The Hall–Kier alpha value is -2.23. The molecule has 0 amide bonds. The van der Waals surface area contributed by atoms with E-state index in [1.807, 2.05) is 6.07 Å². The van der Waals surface area contributed by atoms with Gasteiger partial charge in [-0.2, -0.15) is 13.7 Å². The highest BCUT2D eigenvalue weighted by Crippen LogP contribution is 2.25. The fourth-order valence-corrected chi connectivity index (χ4v) is 2.11. The quantitative estimate of drug-likeness (QED) is 0.856. The Balaban J connectivity index is 2.49. The molecular formula is C13H8FNO3S. The molecule has 2 rings (SSSR count). The molecule has 0 atom stereocenters. The Morgan fingerprint density at radius 2 is 1.74 bits per heavy atom. The third kappa shape index (κ3) is 2.78. The van der Waals surface area contributed by atoms with Gasteiger partial charge in [0.15, 0.2) is 0 Å². The van der Waals surface area contributed by atoms with Gasteiger partial charge in [0.05, 0.1) is 16.5 Å². The summed E-state index contributed by atoms with van der Waals surface area (Å²) in [5, 5.41) is 8.66. The minimum Gasteiger partial charge on any atom is -0.282 e. The van der Waals surface area contributed by atoms with Crippen LogP contribution in [0.5, 0.6) is 0 Å². The lowest BCUT2D eigenvalue weighted by Gasteiger charge is -2.05. The van der Waals surface area contributed by atoms with Crippen LogP contribution in [-0.4, -0.2) is 13.0 Å². The van der Waals surface area contributed by atoms with E-state index in [1.54, 1.807) is 12.1 Å². The van der Waals surface area contributed by atoms with E-state index in [-0.39, 0.29) is 5.56 Å². The van der Waals surface area contributed by atoms with Gasteiger partial charge in [0.2, 0.25) is 0 Å². The first-order valence-corrected chi connectivity index (χ1v) is 6.63. The maximum Gasteiger partial charge on any atom is 0.294 e. The average Bonchev–Trinajstić information content (AvgIpc) is 2.38. The molecule has 1 N–H and O–H groups in total. The number of halogens is 1. The summed E-state index contributed by atoms with van der Waals surface area (Å²) in [6, 6.07) is 11.3. The van der Waals surface area contributed by atoms with Crippen LogP contribution >= 0.6 is 0 Å². The maximum absolute atomic E-state index is 13.8. The number of nitrogens with zero attached hydrogens (tertiary/aromatic N) is 1. The second-order valence-corrected chi connectivity index (χ2v) is 5.23. The molecule has 19 heavy (non-hydrogen) atoms. The zero-order chi connectivity index (χ0) is 14.0. The standard InChI is InChI=1S/C13H8FNO3S/c14-13-7-11(19(16,17)18)5-6-12(13)10-3-1-9(8-15)2-4-10/h1-7H,(H,16,17,18). The highest BCUT2D eigenvalue weighted by Gasteiger charge is 2.13. The van der Waals surface area contributed by atoms with E-state index < -0.39 is 20.8 Å². The molecule has 2 aromatic rings. The minimum atomic E-state index is -4.42. The third-order valence-electron chi connectivity index (χ3n) is 2.56. The molecule has 0 aliphatic rings. The number of rotatable bonds is 2. The van der Waals surface area contributed by atoms with E-state index in [1.165, 1.54) is 18.2 Å². The fourth-order valence-electron chi connectivity index (χ4n) is 1.61. The van der Waals surface area contributed by atoms with E-state index >= 15 is 0 Å². The molecule has 0 radical (unpaired) electrons. The summed E-state index contributed by atoms with van der Waals surface area (Å²) in [6.07, 6.45) is 0. The van der Waals surface area contributed by atoms with Gasteiger partial charge in [0.1, 0.15) is 5.82 Å². The van der Waals surface area contributed by atoms with Crippen LogP contribution in [0.1, 0.15) is 5.56 Å². The zero-order valence-electron chi connectivity index (χ0n) is 9.54. The Morgan fingerprint density at radius 3 is 2.21 bits per heavy atom. The van der Waals surface area contributed by atoms with Crippen LogP contribution < -0.4 is 0 Å². The maximum atomic E-state index is 13.8. The zero-order valence-corrected chi connectivity index (χ0v) is 10.4. The van der Waals surface area contributed by atoms with Crippen molar-refractivity contribution in [2.45, 2.75) is 4.90 Å². The number of benzene rings is 2. The lowest BCUT2D eigenvalue weighted by Crippen LogP contribution is -1.99. The molecule has 0 aliphatic carbocycles. The topological polar surface area (TPSA) is 78.2 Å². The van der Waals surface area contributed by atoms with Crippen molar-refractivity contribution >= 4 is 10.1 Å². The molecule has 0 fully saturated rings. The molecule has 2 aromatic carbocycles. The van der Waals surface area contributed by atoms with E-state index in [4.69, 9.17) is 9.81 Å². The number of hydrogen-bond donors (Lipinski definition) is 1. The molecular weight excluding hydrogens is 269 g/mol. The molecule has 96 valence electrons. The van der Waals surface area contributed by atoms with Crippen molar-refractivity contribution < 1.29 is 17.4 Å². The van der Waals surface area contributed by atoms with E-state index in [0.29, 0.717) is 11.1 Å². The van der Waals surface area contributed by atoms with Crippen molar-refractivity contribution in [2.24, 2.45) is 0 Å². The number of hydrogen-bond acceptors (Lipinski definition) is 3. The molecule has 0 aliphatic heterocycles. The SMILES string of the molecule is N#Cc1ccc(-c2ccc(S(=O)(=O)O)cc2F)cc1. The summed E-state index contributed by atoms with van der Waals surface area (Å²) < 4.78 is 44.4. The molecule has 0 heterocycles. The molecule has 0 saturated carbocycles. The highest BCUT2D eigenvalue weighted by molar-refractivity contribution is 7.85. The van der Waals surface area contributed by atoms with Gasteiger partial charge < -0.3 is 0 Å². The van der Waals surface area contributed by atoms with Gasteiger partial charge >= 0.3 is 0 Å². The van der Waals surface area contributed by atoms with Crippen molar-refractivity contribution in [2.75, 3.05) is 0 Å². The third-order valence-corrected chi connectivity index (χ3v) is 3.41. The Morgan fingerprint density at radius 1 is 1.11 bits per heavy atom. The summed E-state index contributed by atoms with van der Waals surface area (Å²) in [4.78, 5) is -0.498. The minimum absolute atomic E-state index is 0.192. The van der Waals surface area contributed by atoms with Crippen molar-refractivity contribution in [1.29, 1.82) is 5.26 Å². The Labute approximate surface area is 109 Å². The second-order valence-electron chi connectivity index (χ2n) is 3.81. The van der Waals surface area contributed by atoms with Crippen LogP contribution in [0.25, 0.3) is 11.1 Å². The molecule has 0 bridgehead atoms. The van der Waals surface area contributed by atoms with Crippen molar-refractivity contribution in [1.82, 2.24) is 0 Å². The first-order valence-electron chi connectivity index (χ1n) is 5.19. The van der Waals surface area contributed by atoms with Crippen LogP contribution in [-0.2, 0) is 10.1 Å². The lowest BCUT2D eigenvalue weighted by atomic mass is 10.0. The molecule has 0 saturated heterocycles. The van der Waals surface area contributed by atoms with Crippen molar-refractivity contribution in [3.05, 3.63) is 53.8 Å². The molecule has 4 nitrogen and oxygen atoms in total. The van der Waals surface area contributed by atoms with Crippen LogP contribution in [0.4, 0.5) is 4.39 Å². The van der Waals surface area contributed by atoms with Gasteiger partial charge in [-0.15, -0.1) is 0 Å². The summed E-state index contributed by atoms with van der Waals surface area (Å²) in [5.41, 5.74) is 1.15. The summed E-state index contributed by atoms with van der Waals surface area (Å²) in [5.74, 6) is -0.764.